The lowest BCUT2D eigenvalue weighted by molar-refractivity contribution is -0.128. The number of amides is 3. The summed E-state index contributed by atoms with van der Waals surface area (Å²) < 4.78 is 11.4. The Hall–Kier alpha value is -4.24. The van der Waals surface area contributed by atoms with Gasteiger partial charge in [0, 0.05) is 56.0 Å². The Balaban J connectivity index is 1.33. The van der Waals surface area contributed by atoms with Gasteiger partial charge in [0.1, 0.15) is 17.5 Å². The lowest BCUT2D eigenvalue weighted by Crippen LogP contribution is -2.59. The zero-order chi connectivity index (χ0) is 26.5. The number of carbonyl (C=O) groups is 3. The summed E-state index contributed by atoms with van der Waals surface area (Å²) in [5.74, 6) is 0.0416. The molecule has 196 valence electrons. The Morgan fingerprint density at radius 3 is 2.34 bits per heavy atom. The zero-order valence-electron chi connectivity index (χ0n) is 21.2. The molecule has 1 unspecified atom stereocenters. The number of carbonyl (C=O) groups excluding carboxylic acids is 3. The molecular formula is C29H30N4O5. The molecule has 0 bridgehead atoms. The Morgan fingerprint density at radius 2 is 1.68 bits per heavy atom. The van der Waals surface area contributed by atoms with Crippen LogP contribution in [-0.2, 0) is 16.1 Å². The maximum atomic E-state index is 13.8. The number of hydrogen-bond donors (Lipinski definition) is 1. The second-order valence-corrected chi connectivity index (χ2v) is 9.41. The molecule has 1 aromatic heterocycles. The van der Waals surface area contributed by atoms with Crippen molar-refractivity contribution in [3.8, 4) is 5.75 Å². The van der Waals surface area contributed by atoms with Gasteiger partial charge in [-0.25, -0.2) is 0 Å². The summed E-state index contributed by atoms with van der Waals surface area (Å²) in [7, 11) is 1.58. The van der Waals surface area contributed by atoms with Crippen molar-refractivity contribution in [3.05, 3.63) is 95.8 Å². The largest absolute Gasteiger partial charge is 0.497 e. The number of piperidine rings is 1. The topological polar surface area (TPSA) is 101 Å². The van der Waals surface area contributed by atoms with E-state index in [1.807, 2.05) is 12.1 Å². The molecule has 3 heterocycles. The van der Waals surface area contributed by atoms with E-state index in [1.54, 1.807) is 83.9 Å². The average molecular weight is 515 g/mol. The molecule has 5 rings (SSSR count). The van der Waals surface area contributed by atoms with Crippen LogP contribution in [0, 0.1) is 0 Å². The molecule has 9 heteroatoms. The van der Waals surface area contributed by atoms with Crippen molar-refractivity contribution in [2.75, 3.05) is 26.8 Å². The molecule has 1 spiro atoms. The minimum atomic E-state index is -0.972. The lowest BCUT2D eigenvalue weighted by atomic mass is 9.96. The summed E-state index contributed by atoms with van der Waals surface area (Å²) in [6.07, 6.45) is 4.17. The third-order valence-electron chi connectivity index (χ3n) is 7.16. The molecule has 2 saturated heterocycles. The van der Waals surface area contributed by atoms with Crippen molar-refractivity contribution in [2.45, 2.75) is 31.2 Å². The first-order valence-corrected chi connectivity index (χ1v) is 12.6. The van der Waals surface area contributed by atoms with Crippen LogP contribution in [0.1, 0.15) is 39.1 Å². The highest BCUT2D eigenvalue weighted by atomic mass is 16.5. The number of likely N-dealkylation sites (tertiary alicyclic amines) is 1. The summed E-state index contributed by atoms with van der Waals surface area (Å²) in [4.78, 5) is 47.7. The van der Waals surface area contributed by atoms with Gasteiger partial charge >= 0.3 is 0 Å². The monoisotopic (exact) mass is 514 g/mol. The first-order chi connectivity index (χ1) is 18.5. The smallest absolute Gasteiger partial charge is 0.256 e. The molecule has 38 heavy (non-hydrogen) atoms. The summed E-state index contributed by atoms with van der Waals surface area (Å²) in [6.45, 7) is 1.18. The second-order valence-electron chi connectivity index (χ2n) is 9.41. The third kappa shape index (κ3) is 5.10. The van der Waals surface area contributed by atoms with Gasteiger partial charge in [-0.2, -0.15) is 0 Å². The minimum absolute atomic E-state index is 0.0872. The Bertz CT molecular complexity index is 1280. The van der Waals surface area contributed by atoms with E-state index in [1.165, 1.54) is 0 Å². The van der Waals surface area contributed by atoms with E-state index in [4.69, 9.17) is 9.47 Å². The van der Waals surface area contributed by atoms with Crippen molar-refractivity contribution in [2.24, 2.45) is 0 Å². The predicted molar refractivity (Wildman–Crippen MR) is 139 cm³/mol. The fourth-order valence-electron chi connectivity index (χ4n) is 5.07. The molecule has 9 nitrogen and oxygen atoms in total. The highest BCUT2D eigenvalue weighted by molar-refractivity contribution is 5.98. The second kappa shape index (κ2) is 11.0. The van der Waals surface area contributed by atoms with Crippen LogP contribution in [0.2, 0.25) is 0 Å². The number of rotatable bonds is 6. The Labute approximate surface area is 221 Å². The highest BCUT2D eigenvalue weighted by Crippen LogP contribution is 2.39. The maximum Gasteiger partial charge on any atom is 0.256 e. The minimum Gasteiger partial charge on any atom is -0.497 e. The SMILES string of the molecule is COc1ccc(C(=O)N2CCC3(CC2)OCC(C(=O)NCc2cccnc2)N3C(=O)c2ccccc2)cc1. The number of nitrogens with zero attached hydrogens (tertiary/aromatic N) is 3. The van der Waals surface area contributed by atoms with E-state index in [0.717, 1.165) is 5.56 Å². The van der Waals surface area contributed by atoms with Crippen LogP contribution in [-0.4, -0.2) is 71.1 Å². The molecule has 2 fully saturated rings. The van der Waals surface area contributed by atoms with Crippen LogP contribution < -0.4 is 10.1 Å². The molecule has 3 amide bonds. The normalized spacial score (nSPS) is 18.3. The van der Waals surface area contributed by atoms with Gasteiger partial charge in [0.2, 0.25) is 5.91 Å². The standard InChI is InChI=1S/C29H30N4O5/c1-37-24-11-9-23(10-12-24)27(35)32-16-13-29(14-17-32)33(28(36)22-7-3-2-4-8-22)25(20-38-29)26(34)31-19-21-6-5-15-30-18-21/h2-12,15,18,25H,13-14,16-17,19-20H2,1H3,(H,31,34). The van der Waals surface area contributed by atoms with E-state index in [0.29, 0.717) is 49.4 Å². The third-order valence-corrected chi connectivity index (χ3v) is 7.16. The van der Waals surface area contributed by atoms with Crippen molar-refractivity contribution in [1.82, 2.24) is 20.1 Å². The number of hydrogen-bond acceptors (Lipinski definition) is 6. The fraction of sp³-hybridized carbons (Fsp3) is 0.310. The molecule has 0 saturated carbocycles. The van der Waals surface area contributed by atoms with E-state index in [9.17, 15) is 14.4 Å². The van der Waals surface area contributed by atoms with Gasteiger partial charge in [0.15, 0.2) is 0 Å². The van der Waals surface area contributed by atoms with Crippen LogP contribution in [0.4, 0.5) is 0 Å². The average Bonchev–Trinajstić information content (AvgIpc) is 3.35. The molecule has 1 N–H and O–H groups in total. The lowest BCUT2D eigenvalue weighted by Gasteiger charge is -2.44. The quantitative estimate of drug-likeness (QED) is 0.543. The highest BCUT2D eigenvalue weighted by Gasteiger charge is 2.54. The van der Waals surface area contributed by atoms with Crippen LogP contribution >= 0.6 is 0 Å². The van der Waals surface area contributed by atoms with Crippen LogP contribution in [0.5, 0.6) is 5.75 Å². The van der Waals surface area contributed by atoms with Gasteiger partial charge in [-0.1, -0.05) is 24.3 Å². The zero-order valence-corrected chi connectivity index (χ0v) is 21.2. The first-order valence-electron chi connectivity index (χ1n) is 12.6. The van der Waals surface area contributed by atoms with Crippen LogP contribution in [0.3, 0.4) is 0 Å². The molecular weight excluding hydrogens is 484 g/mol. The Kier molecular flexibility index (Phi) is 7.37. The van der Waals surface area contributed by atoms with E-state index < -0.39 is 11.8 Å². The summed E-state index contributed by atoms with van der Waals surface area (Å²) in [5.41, 5.74) is 0.943. The summed E-state index contributed by atoms with van der Waals surface area (Å²) in [6, 6.07) is 18.8. The molecule has 0 radical (unpaired) electrons. The number of aromatic nitrogens is 1. The number of nitrogens with one attached hydrogen (secondary N) is 1. The number of benzene rings is 2. The van der Waals surface area contributed by atoms with Gasteiger partial charge in [0.25, 0.3) is 11.8 Å². The number of methoxy groups -OCH3 is 1. The fourth-order valence-corrected chi connectivity index (χ4v) is 5.07. The van der Waals surface area contributed by atoms with Gasteiger partial charge < -0.3 is 19.7 Å². The molecule has 0 aliphatic carbocycles. The van der Waals surface area contributed by atoms with Gasteiger partial charge in [-0.3, -0.25) is 24.3 Å². The number of pyridine rings is 1. The molecule has 3 aromatic rings. The molecule has 2 aromatic carbocycles. The van der Waals surface area contributed by atoms with E-state index >= 15 is 0 Å². The summed E-state index contributed by atoms with van der Waals surface area (Å²) >= 11 is 0. The van der Waals surface area contributed by atoms with E-state index in [-0.39, 0.29) is 24.3 Å². The molecule has 2 aliphatic rings. The Morgan fingerprint density at radius 1 is 0.974 bits per heavy atom. The number of ether oxygens (including phenoxy) is 2. The van der Waals surface area contributed by atoms with Crippen molar-refractivity contribution in [3.63, 3.8) is 0 Å². The van der Waals surface area contributed by atoms with Gasteiger partial charge in [-0.05, 0) is 48.0 Å². The maximum absolute atomic E-state index is 13.8. The molecule has 2 aliphatic heterocycles. The van der Waals surface area contributed by atoms with Gasteiger partial charge in [0.05, 0.1) is 13.7 Å². The van der Waals surface area contributed by atoms with Crippen LogP contribution in [0.25, 0.3) is 0 Å². The van der Waals surface area contributed by atoms with Crippen molar-refractivity contribution >= 4 is 17.7 Å². The molecule has 1 atom stereocenters. The van der Waals surface area contributed by atoms with Crippen molar-refractivity contribution < 1.29 is 23.9 Å². The predicted octanol–water partition coefficient (Wildman–Crippen LogP) is 2.88. The van der Waals surface area contributed by atoms with E-state index in [2.05, 4.69) is 10.3 Å². The van der Waals surface area contributed by atoms with Crippen LogP contribution in [0.15, 0.2) is 79.1 Å². The van der Waals surface area contributed by atoms with Gasteiger partial charge in [-0.15, -0.1) is 0 Å². The van der Waals surface area contributed by atoms with Crippen molar-refractivity contribution in [1.29, 1.82) is 0 Å². The first kappa shape index (κ1) is 25.4. The summed E-state index contributed by atoms with van der Waals surface area (Å²) in [5, 5.41) is 2.93.